The Morgan fingerprint density at radius 3 is 2.32 bits per heavy atom. The Morgan fingerprint density at radius 2 is 1.79 bits per heavy atom. The van der Waals surface area contributed by atoms with Crippen molar-refractivity contribution in [1.29, 1.82) is 0 Å². The summed E-state index contributed by atoms with van der Waals surface area (Å²) in [7, 11) is 0. The predicted molar refractivity (Wildman–Crippen MR) is 83.4 cm³/mol. The maximum absolute atomic E-state index is 5.96. The number of guanidine groups is 1. The zero-order valence-electron chi connectivity index (χ0n) is 13.2. The molecular formula is C15H32N4. The van der Waals surface area contributed by atoms with E-state index in [0.29, 0.717) is 5.96 Å². The van der Waals surface area contributed by atoms with Gasteiger partial charge in [-0.25, -0.2) is 0 Å². The summed E-state index contributed by atoms with van der Waals surface area (Å²) in [4.78, 5) is 9.17. The molecule has 1 aliphatic rings. The zero-order valence-corrected chi connectivity index (χ0v) is 13.2. The van der Waals surface area contributed by atoms with Crippen LogP contribution in [-0.4, -0.2) is 55.0 Å². The van der Waals surface area contributed by atoms with Crippen LogP contribution in [-0.2, 0) is 0 Å². The van der Waals surface area contributed by atoms with Gasteiger partial charge >= 0.3 is 0 Å². The van der Waals surface area contributed by atoms with Crippen molar-refractivity contribution < 1.29 is 0 Å². The Labute approximate surface area is 119 Å². The van der Waals surface area contributed by atoms with Gasteiger partial charge in [0.2, 0.25) is 0 Å². The Hall–Kier alpha value is -0.770. The van der Waals surface area contributed by atoms with Crippen LogP contribution < -0.4 is 5.73 Å². The molecule has 1 fully saturated rings. The first-order valence-corrected chi connectivity index (χ1v) is 7.84. The second-order valence-electron chi connectivity index (χ2n) is 5.97. The molecule has 4 heteroatoms. The summed E-state index contributed by atoms with van der Waals surface area (Å²) in [5, 5.41) is 0. The Kier molecular flexibility index (Phi) is 7.21. The lowest BCUT2D eigenvalue weighted by atomic mass is 9.92. The average molecular weight is 268 g/mol. The smallest absolute Gasteiger partial charge is 0.191 e. The molecule has 112 valence electrons. The van der Waals surface area contributed by atoms with Crippen LogP contribution in [0, 0.1) is 11.8 Å². The van der Waals surface area contributed by atoms with Crippen LogP contribution in [0.25, 0.3) is 0 Å². The molecule has 4 nitrogen and oxygen atoms in total. The van der Waals surface area contributed by atoms with Gasteiger partial charge in [0.15, 0.2) is 5.96 Å². The van der Waals surface area contributed by atoms with Crippen molar-refractivity contribution >= 4 is 5.96 Å². The van der Waals surface area contributed by atoms with E-state index in [2.05, 4.69) is 42.5 Å². The lowest BCUT2D eigenvalue weighted by Crippen LogP contribution is -2.39. The SMILES string of the molecule is CCN(CC)C(N)=NCCCN1CC(C)CC(C)C1. The monoisotopic (exact) mass is 268 g/mol. The maximum Gasteiger partial charge on any atom is 0.191 e. The molecule has 0 spiro atoms. The van der Waals surface area contributed by atoms with Crippen LogP contribution in [0.4, 0.5) is 0 Å². The summed E-state index contributed by atoms with van der Waals surface area (Å²) >= 11 is 0. The van der Waals surface area contributed by atoms with E-state index in [0.717, 1.165) is 44.4 Å². The van der Waals surface area contributed by atoms with Gasteiger partial charge in [-0.15, -0.1) is 0 Å². The Balaban J connectivity index is 2.24. The summed E-state index contributed by atoms with van der Waals surface area (Å²) < 4.78 is 0. The lowest BCUT2D eigenvalue weighted by Gasteiger charge is -2.34. The molecule has 0 aliphatic carbocycles. The first kappa shape index (κ1) is 16.3. The largest absolute Gasteiger partial charge is 0.370 e. The summed E-state index contributed by atoms with van der Waals surface area (Å²) in [6.07, 6.45) is 2.49. The topological polar surface area (TPSA) is 44.9 Å². The van der Waals surface area contributed by atoms with Crippen LogP contribution in [0.1, 0.15) is 40.5 Å². The van der Waals surface area contributed by atoms with E-state index >= 15 is 0 Å². The molecule has 0 saturated carbocycles. The third kappa shape index (κ3) is 5.81. The molecule has 19 heavy (non-hydrogen) atoms. The third-order valence-electron chi connectivity index (χ3n) is 3.94. The highest BCUT2D eigenvalue weighted by Gasteiger charge is 2.20. The van der Waals surface area contributed by atoms with E-state index < -0.39 is 0 Å². The lowest BCUT2D eigenvalue weighted by molar-refractivity contribution is 0.140. The normalized spacial score (nSPS) is 25.6. The van der Waals surface area contributed by atoms with E-state index in [4.69, 9.17) is 5.73 Å². The van der Waals surface area contributed by atoms with Gasteiger partial charge in [0.25, 0.3) is 0 Å². The van der Waals surface area contributed by atoms with Crippen molar-refractivity contribution in [2.45, 2.75) is 40.5 Å². The predicted octanol–water partition coefficient (Wildman–Crippen LogP) is 2.01. The van der Waals surface area contributed by atoms with Gasteiger partial charge in [0.05, 0.1) is 0 Å². The van der Waals surface area contributed by atoms with Gasteiger partial charge in [-0.1, -0.05) is 13.8 Å². The van der Waals surface area contributed by atoms with Gasteiger partial charge in [0, 0.05) is 32.7 Å². The number of likely N-dealkylation sites (tertiary alicyclic amines) is 1. The van der Waals surface area contributed by atoms with E-state index in [1.54, 1.807) is 0 Å². The molecule has 0 radical (unpaired) electrons. The minimum Gasteiger partial charge on any atom is -0.370 e. The van der Waals surface area contributed by atoms with Crippen LogP contribution in [0.15, 0.2) is 4.99 Å². The quantitative estimate of drug-likeness (QED) is 0.455. The highest BCUT2D eigenvalue weighted by atomic mass is 15.2. The van der Waals surface area contributed by atoms with Crippen molar-refractivity contribution in [1.82, 2.24) is 9.80 Å². The zero-order chi connectivity index (χ0) is 14.3. The van der Waals surface area contributed by atoms with E-state index in [9.17, 15) is 0 Å². The van der Waals surface area contributed by atoms with E-state index in [1.165, 1.54) is 19.5 Å². The summed E-state index contributed by atoms with van der Waals surface area (Å²) in [5.41, 5.74) is 5.96. The average Bonchev–Trinajstić information content (AvgIpc) is 2.35. The van der Waals surface area contributed by atoms with Crippen LogP contribution in [0.3, 0.4) is 0 Å². The first-order valence-electron chi connectivity index (χ1n) is 7.84. The second-order valence-corrected chi connectivity index (χ2v) is 5.97. The third-order valence-corrected chi connectivity index (χ3v) is 3.94. The second kappa shape index (κ2) is 8.41. The molecule has 0 aromatic rings. The molecule has 1 aliphatic heterocycles. The van der Waals surface area contributed by atoms with Crippen molar-refractivity contribution in [3.8, 4) is 0 Å². The van der Waals surface area contributed by atoms with E-state index in [1.807, 2.05) is 0 Å². The maximum atomic E-state index is 5.96. The van der Waals surface area contributed by atoms with Crippen molar-refractivity contribution in [2.75, 3.05) is 39.3 Å². The van der Waals surface area contributed by atoms with Crippen LogP contribution in [0.5, 0.6) is 0 Å². The minimum absolute atomic E-state index is 0.699. The van der Waals surface area contributed by atoms with Gasteiger partial charge in [-0.05, 0) is 45.1 Å². The minimum atomic E-state index is 0.699. The number of hydrogen-bond donors (Lipinski definition) is 1. The fourth-order valence-electron chi connectivity index (χ4n) is 3.11. The number of nitrogens with zero attached hydrogens (tertiary/aromatic N) is 3. The fourth-order valence-corrected chi connectivity index (χ4v) is 3.11. The van der Waals surface area contributed by atoms with Crippen LogP contribution >= 0.6 is 0 Å². The molecule has 0 amide bonds. The fraction of sp³-hybridized carbons (Fsp3) is 0.933. The molecule has 1 heterocycles. The highest BCUT2D eigenvalue weighted by Crippen LogP contribution is 2.20. The molecule has 1 rings (SSSR count). The Morgan fingerprint density at radius 1 is 1.21 bits per heavy atom. The Bertz CT molecular complexity index is 263. The molecule has 0 aromatic heterocycles. The number of nitrogens with two attached hydrogens (primary N) is 1. The number of hydrogen-bond acceptors (Lipinski definition) is 2. The molecule has 0 bridgehead atoms. The molecule has 2 unspecified atom stereocenters. The van der Waals surface area contributed by atoms with Crippen molar-refractivity contribution in [2.24, 2.45) is 22.6 Å². The van der Waals surface area contributed by atoms with Gasteiger partial charge in [-0.2, -0.15) is 0 Å². The molecule has 2 N–H and O–H groups in total. The summed E-state index contributed by atoms with van der Waals surface area (Å²) in [6, 6.07) is 0. The van der Waals surface area contributed by atoms with E-state index in [-0.39, 0.29) is 0 Å². The summed E-state index contributed by atoms with van der Waals surface area (Å²) in [6.45, 7) is 15.3. The van der Waals surface area contributed by atoms with Gasteiger partial charge in [0.1, 0.15) is 0 Å². The van der Waals surface area contributed by atoms with Gasteiger partial charge < -0.3 is 15.5 Å². The highest BCUT2D eigenvalue weighted by molar-refractivity contribution is 5.77. The van der Waals surface area contributed by atoms with Crippen molar-refractivity contribution in [3.05, 3.63) is 0 Å². The van der Waals surface area contributed by atoms with Crippen LogP contribution in [0.2, 0.25) is 0 Å². The number of rotatable bonds is 6. The molecule has 1 saturated heterocycles. The number of aliphatic imine (C=N–C) groups is 1. The molecule has 2 atom stereocenters. The van der Waals surface area contributed by atoms with Gasteiger partial charge in [-0.3, -0.25) is 4.99 Å². The first-order chi connectivity index (χ1) is 9.06. The van der Waals surface area contributed by atoms with Crippen molar-refractivity contribution in [3.63, 3.8) is 0 Å². The number of piperidine rings is 1. The standard InChI is InChI=1S/C15H32N4/c1-5-19(6-2)15(16)17-8-7-9-18-11-13(3)10-14(4)12-18/h13-14H,5-12H2,1-4H3,(H2,16,17). The molecule has 0 aromatic carbocycles. The molecular weight excluding hydrogens is 236 g/mol. The summed E-state index contributed by atoms with van der Waals surface area (Å²) in [5.74, 6) is 2.38.